The number of carbonyl (C=O) groups is 1. The van der Waals surface area contributed by atoms with E-state index in [4.69, 9.17) is 14.2 Å². The predicted octanol–water partition coefficient (Wildman–Crippen LogP) is 2.74. The molecule has 0 spiro atoms. The molecule has 0 aromatic heterocycles. The smallest absolute Gasteiger partial charge is 0.384 e. The lowest BCUT2D eigenvalue weighted by atomic mass is 10.1. The highest BCUT2D eigenvalue weighted by Crippen LogP contribution is 2.26. The second-order valence-electron chi connectivity index (χ2n) is 7.67. The third-order valence-electron chi connectivity index (χ3n) is 3.61. The second-order valence-corrected chi connectivity index (χ2v) is 7.67. The zero-order chi connectivity index (χ0) is 19.4. The van der Waals surface area contributed by atoms with Crippen LogP contribution < -0.4 is 0 Å². The molecule has 1 saturated heterocycles. The normalized spacial score (nSPS) is 20.3. The van der Waals surface area contributed by atoms with Crippen molar-refractivity contribution in [1.82, 2.24) is 5.06 Å². The molecule has 0 radical (unpaired) electrons. The molecule has 0 aliphatic carbocycles. The minimum Gasteiger partial charge on any atom is -0.450 e. The molecule has 2 rings (SSSR count). The van der Waals surface area contributed by atoms with Crippen molar-refractivity contribution in [3.8, 4) is 11.8 Å². The molecule has 0 saturated carbocycles. The van der Waals surface area contributed by atoms with Gasteiger partial charge in [-0.3, -0.25) is 0 Å². The summed E-state index contributed by atoms with van der Waals surface area (Å²) in [7, 11) is 0. The Labute approximate surface area is 155 Å². The van der Waals surface area contributed by atoms with Crippen molar-refractivity contribution >= 4 is 5.97 Å². The summed E-state index contributed by atoms with van der Waals surface area (Å²) in [6.07, 6.45) is -0.492. The number of hydroxylamine groups is 2. The number of esters is 1. The lowest BCUT2D eigenvalue weighted by Crippen LogP contribution is -2.42. The van der Waals surface area contributed by atoms with Gasteiger partial charge in [-0.2, -0.15) is 5.06 Å². The Balaban J connectivity index is 2.15. The molecule has 1 aromatic rings. The van der Waals surface area contributed by atoms with E-state index in [1.54, 1.807) is 34.6 Å². The van der Waals surface area contributed by atoms with Gasteiger partial charge in [0.2, 0.25) is 0 Å². The molecule has 1 aliphatic rings. The molecular formula is C20H27NO5. The van der Waals surface area contributed by atoms with E-state index in [0.717, 1.165) is 10.6 Å². The monoisotopic (exact) mass is 361 g/mol. The Hall–Kier alpha value is -1.91. The van der Waals surface area contributed by atoms with Gasteiger partial charge in [0.05, 0.1) is 13.2 Å². The molecule has 6 heteroatoms. The predicted molar refractivity (Wildman–Crippen MR) is 96.1 cm³/mol. The first-order valence-corrected chi connectivity index (χ1v) is 8.61. The number of rotatable bonds is 4. The SMILES string of the molecule is CC(C)(C)OC(=O)C#C[C@H]([C@H]1COC(C)(C)O1)N(O)Cc1ccccc1. The summed E-state index contributed by atoms with van der Waals surface area (Å²) in [5, 5.41) is 11.7. The van der Waals surface area contributed by atoms with Crippen molar-refractivity contribution in [2.45, 2.75) is 64.7 Å². The van der Waals surface area contributed by atoms with Crippen LogP contribution >= 0.6 is 0 Å². The van der Waals surface area contributed by atoms with Crippen LogP contribution in [0, 0.1) is 11.8 Å². The average Bonchev–Trinajstić information content (AvgIpc) is 2.86. The molecule has 1 fully saturated rings. The molecule has 2 atom stereocenters. The van der Waals surface area contributed by atoms with Crippen molar-refractivity contribution in [1.29, 1.82) is 0 Å². The summed E-state index contributed by atoms with van der Waals surface area (Å²) in [5.41, 5.74) is 0.288. The lowest BCUT2D eigenvalue weighted by Gasteiger charge is -2.27. The Kier molecular flexibility index (Phi) is 6.43. The van der Waals surface area contributed by atoms with Gasteiger partial charge in [-0.05, 0) is 40.2 Å². The Bertz CT molecular complexity index is 669. The zero-order valence-corrected chi connectivity index (χ0v) is 16.0. The number of hydrogen-bond donors (Lipinski definition) is 1. The van der Waals surface area contributed by atoms with Gasteiger partial charge in [0.25, 0.3) is 0 Å². The number of nitrogens with zero attached hydrogens (tertiary/aromatic N) is 1. The number of carbonyl (C=O) groups excluding carboxylic acids is 1. The molecule has 0 amide bonds. The van der Waals surface area contributed by atoms with E-state index in [-0.39, 0.29) is 13.2 Å². The topological polar surface area (TPSA) is 68.2 Å². The third kappa shape index (κ3) is 6.43. The molecule has 0 unspecified atom stereocenters. The van der Waals surface area contributed by atoms with Crippen LogP contribution in [0.5, 0.6) is 0 Å². The van der Waals surface area contributed by atoms with Crippen LogP contribution in [-0.2, 0) is 25.5 Å². The third-order valence-corrected chi connectivity index (χ3v) is 3.61. The summed E-state index contributed by atoms with van der Waals surface area (Å²) in [4.78, 5) is 11.9. The fourth-order valence-electron chi connectivity index (χ4n) is 2.54. The minimum absolute atomic E-state index is 0.245. The van der Waals surface area contributed by atoms with Crippen LogP contribution in [-0.4, -0.2) is 46.4 Å². The van der Waals surface area contributed by atoms with E-state index in [2.05, 4.69) is 11.8 Å². The highest BCUT2D eigenvalue weighted by molar-refractivity contribution is 5.88. The van der Waals surface area contributed by atoms with Crippen LogP contribution in [0.2, 0.25) is 0 Å². The van der Waals surface area contributed by atoms with Gasteiger partial charge in [0, 0.05) is 5.92 Å². The molecule has 1 aromatic carbocycles. The highest BCUT2D eigenvalue weighted by Gasteiger charge is 2.39. The fourth-order valence-corrected chi connectivity index (χ4v) is 2.54. The maximum Gasteiger partial charge on any atom is 0.384 e. The zero-order valence-electron chi connectivity index (χ0n) is 16.0. The maximum absolute atomic E-state index is 11.9. The summed E-state index contributed by atoms with van der Waals surface area (Å²) in [6.45, 7) is 9.42. The van der Waals surface area contributed by atoms with Crippen LogP contribution in [0.15, 0.2) is 30.3 Å². The van der Waals surface area contributed by atoms with Gasteiger partial charge < -0.3 is 19.4 Å². The van der Waals surface area contributed by atoms with E-state index < -0.39 is 29.5 Å². The maximum atomic E-state index is 11.9. The van der Waals surface area contributed by atoms with E-state index in [1.165, 1.54) is 0 Å². The Morgan fingerprint density at radius 2 is 2.04 bits per heavy atom. The van der Waals surface area contributed by atoms with Gasteiger partial charge in [-0.1, -0.05) is 36.3 Å². The van der Waals surface area contributed by atoms with E-state index in [1.807, 2.05) is 30.3 Å². The van der Waals surface area contributed by atoms with Gasteiger partial charge >= 0.3 is 5.97 Å². The van der Waals surface area contributed by atoms with Crippen LogP contribution in [0.1, 0.15) is 40.2 Å². The summed E-state index contributed by atoms with van der Waals surface area (Å²) >= 11 is 0. The summed E-state index contributed by atoms with van der Waals surface area (Å²) in [6, 6.07) is 8.76. The number of ether oxygens (including phenoxy) is 3. The van der Waals surface area contributed by atoms with Crippen molar-refractivity contribution in [3.05, 3.63) is 35.9 Å². The Morgan fingerprint density at radius 3 is 2.58 bits per heavy atom. The molecular weight excluding hydrogens is 334 g/mol. The first-order chi connectivity index (χ1) is 12.1. The molecule has 142 valence electrons. The standard InChI is InChI=1S/C20H27NO5/c1-19(2,3)26-18(22)12-11-16(17-14-24-20(4,5)25-17)21(23)13-15-9-7-6-8-10-15/h6-10,16-17,23H,13-14H2,1-5H3/t16-,17-/m1/s1. The average molecular weight is 361 g/mol. The van der Waals surface area contributed by atoms with Gasteiger partial charge in [0.1, 0.15) is 17.7 Å². The second kappa shape index (κ2) is 8.19. The minimum atomic E-state index is -0.760. The largest absolute Gasteiger partial charge is 0.450 e. The lowest BCUT2D eigenvalue weighted by molar-refractivity contribution is -0.176. The summed E-state index contributed by atoms with van der Waals surface area (Å²) < 4.78 is 16.6. The number of hydrogen-bond acceptors (Lipinski definition) is 6. The van der Waals surface area contributed by atoms with E-state index in [0.29, 0.717) is 0 Å². The fraction of sp³-hybridized carbons (Fsp3) is 0.550. The molecule has 1 aliphatic heterocycles. The van der Waals surface area contributed by atoms with Crippen molar-refractivity contribution < 1.29 is 24.2 Å². The summed E-state index contributed by atoms with van der Waals surface area (Å²) in [5.74, 6) is 3.85. The first-order valence-electron chi connectivity index (χ1n) is 8.61. The quantitative estimate of drug-likeness (QED) is 0.385. The highest BCUT2D eigenvalue weighted by atomic mass is 16.7. The molecule has 0 bridgehead atoms. The first kappa shape index (κ1) is 20.4. The van der Waals surface area contributed by atoms with Crippen molar-refractivity contribution in [3.63, 3.8) is 0 Å². The van der Waals surface area contributed by atoms with Gasteiger partial charge in [-0.15, -0.1) is 0 Å². The van der Waals surface area contributed by atoms with Crippen LogP contribution in [0.3, 0.4) is 0 Å². The van der Waals surface area contributed by atoms with E-state index in [9.17, 15) is 10.0 Å². The Morgan fingerprint density at radius 1 is 1.38 bits per heavy atom. The van der Waals surface area contributed by atoms with Crippen molar-refractivity contribution in [2.75, 3.05) is 6.61 Å². The molecule has 1 N–H and O–H groups in total. The molecule has 6 nitrogen and oxygen atoms in total. The number of benzene rings is 1. The van der Waals surface area contributed by atoms with Crippen molar-refractivity contribution in [2.24, 2.45) is 0 Å². The molecule has 1 heterocycles. The van der Waals surface area contributed by atoms with Gasteiger partial charge in [-0.25, -0.2) is 4.79 Å². The molecule has 26 heavy (non-hydrogen) atoms. The van der Waals surface area contributed by atoms with Crippen LogP contribution in [0.25, 0.3) is 0 Å². The van der Waals surface area contributed by atoms with Crippen LogP contribution in [0.4, 0.5) is 0 Å². The van der Waals surface area contributed by atoms with E-state index >= 15 is 0 Å². The van der Waals surface area contributed by atoms with Gasteiger partial charge in [0.15, 0.2) is 5.79 Å².